The Balaban J connectivity index is 1.53. The zero-order valence-electron chi connectivity index (χ0n) is 14.4. The molecule has 0 radical (unpaired) electrons. The van der Waals surface area contributed by atoms with Gasteiger partial charge in [-0.15, -0.1) is 0 Å². The van der Waals surface area contributed by atoms with Gasteiger partial charge in [-0.3, -0.25) is 9.89 Å². The third-order valence-electron chi connectivity index (χ3n) is 4.13. The van der Waals surface area contributed by atoms with Crippen LogP contribution in [0.15, 0.2) is 54.6 Å². The molecule has 0 aliphatic heterocycles. The van der Waals surface area contributed by atoms with E-state index in [4.69, 9.17) is 11.6 Å². The van der Waals surface area contributed by atoms with Crippen molar-refractivity contribution < 1.29 is 9.18 Å². The van der Waals surface area contributed by atoms with Gasteiger partial charge in [-0.05, 0) is 61.4 Å². The summed E-state index contributed by atoms with van der Waals surface area (Å²) in [5, 5.41) is 7.81. The number of aromatic nitrogens is 2. The molecule has 0 saturated carbocycles. The van der Waals surface area contributed by atoms with Gasteiger partial charge in [0.2, 0.25) is 0 Å². The number of H-pyrrole nitrogens is 1. The van der Waals surface area contributed by atoms with E-state index in [0.717, 1.165) is 29.8 Å². The van der Waals surface area contributed by atoms with Crippen LogP contribution in [0.25, 0.3) is 11.3 Å². The largest absolute Gasteiger partial charge is 0.342 e. The Morgan fingerprint density at radius 1 is 1.19 bits per heavy atom. The highest BCUT2D eigenvalue weighted by molar-refractivity contribution is 6.30. The summed E-state index contributed by atoms with van der Waals surface area (Å²) in [7, 11) is 1.78. The average Bonchev–Trinajstić information content (AvgIpc) is 3.10. The zero-order valence-corrected chi connectivity index (χ0v) is 15.1. The third-order valence-corrected chi connectivity index (χ3v) is 4.36. The van der Waals surface area contributed by atoms with Crippen LogP contribution in [-0.2, 0) is 6.42 Å². The second kappa shape index (κ2) is 8.15. The molecule has 6 heteroatoms. The van der Waals surface area contributed by atoms with Crippen molar-refractivity contribution in [2.45, 2.75) is 12.8 Å². The summed E-state index contributed by atoms with van der Waals surface area (Å²) < 4.78 is 13.0. The van der Waals surface area contributed by atoms with Gasteiger partial charge in [-0.1, -0.05) is 17.7 Å². The van der Waals surface area contributed by atoms with Crippen LogP contribution in [0.3, 0.4) is 0 Å². The van der Waals surface area contributed by atoms with Gasteiger partial charge in [0, 0.05) is 35.4 Å². The summed E-state index contributed by atoms with van der Waals surface area (Å²) in [5.41, 5.74) is 3.21. The van der Waals surface area contributed by atoms with E-state index >= 15 is 0 Å². The molecule has 1 heterocycles. The third kappa shape index (κ3) is 4.49. The Hall–Kier alpha value is -2.66. The fourth-order valence-electron chi connectivity index (χ4n) is 2.71. The number of nitrogens with one attached hydrogen (secondary N) is 1. The van der Waals surface area contributed by atoms with E-state index in [9.17, 15) is 9.18 Å². The number of nitrogens with zero attached hydrogens (tertiary/aromatic N) is 2. The Labute approximate surface area is 156 Å². The van der Waals surface area contributed by atoms with E-state index in [1.54, 1.807) is 48.3 Å². The van der Waals surface area contributed by atoms with Gasteiger partial charge in [0.05, 0.1) is 5.69 Å². The molecule has 0 bridgehead atoms. The number of amides is 1. The maximum atomic E-state index is 13.0. The van der Waals surface area contributed by atoms with E-state index < -0.39 is 0 Å². The van der Waals surface area contributed by atoms with Crippen molar-refractivity contribution in [1.29, 1.82) is 0 Å². The fourth-order valence-corrected chi connectivity index (χ4v) is 2.90. The lowest BCUT2D eigenvalue weighted by Crippen LogP contribution is -2.28. The van der Waals surface area contributed by atoms with Crippen molar-refractivity contribution in [3.05, 3.63) is 76.7 Å². The van der Waals surface area contributed by atoms with Crippen molar-refractivity contribution in [3.63, 3.8) is 0 Å². The summed E-state index contributed by atoms with van der Waals surface area (Å²) in [6, 6.07) is 15.1. The first-order valence-corrected chi connectivity index (χ1v) is 8.72. The lowest BCUT2D eigenvalue weighted by molar-refractivity contribution is 0.0793. The van der Waals surface area contributed by atoms with Gasteiger partial charge < -0.3 is 4.90 Å². The van der Waals surface area contributed by atoms with Crippen molar-refractivity contribution >= 4 is 17.5 Å². The molecule has 1 aromatic heterocycles. The molecule has 2 aromatic carbocycles. The Kier molecular flexibility index (Phi) is 5.68. The summed E-state index contributed by atoms with van der Waals surface area (Å²) in [4.78, 5) is 14.1. The van der Waals surface area contributed by atoms with Crippen LogP contribution in [0.4, 0.5) is 4.39 Å². The summed E-state index contributed by atoms with van der Waals surface area (Å²) >= 11 is 5.94. The maximum absolute atomic E-state index is 13.0. The van der Waals surface area contributed by atoms with Crippen molar-refractivity contribution in [2.75, 3.05) is 13.6 Å². The predicted molar refractivity (Wildman–Crippen MR) is 101 cm³/mol. The van der Waals surface area contributed by atoms with Gasteiger partial charge in [0.1, 0.15) is 5.82 Å². The van der Waals surface area contributed by atoms with E-state index in [0.29, 0.717) is 17.1 Å². The topological polar surface area (TPSA) is 49.0 Å². The smallest absolute Gasteiger partial charge is 0.253 e. The number of aryl methyl sites for hydroxylation is 1. The molecule has 0 saturated heterocycles. The predicted octanol–water partition coefficient (Wildman–Crippen LogP) is 4.57. The number of rotatable bonds is 6. The Morgan fingerprint density at radius 2 is 1.96 bits per heavy atom. The first kappa shape index (κ1) is 18.1. The van der Waals surface area contributed by atoms with Crippen LogP contribution in [0.5, 0.6) is 0 Å². The van der Waals surface area contributed by atoms with Crippen LogP contribution in [0.2, 0.25) is 5.02 Å². The molecule has 0 unspecified atom stereocenters. The number of hydrogen-bond acceptors (Lipinski definition) is 2. The number of carbonyl (C=O) groups is 1. The molecule has 1 amide bonds. The quantitative estimate of drug-likeness (QED) is 0.689. The van der Waals surface area contributed by atoms with E-state index in [1.807, 2.05) is 6.07 Å². The molecule has 1 N–H and O–H groups in total. The first-order chi connectivity index (χ1) is 12.5. The van der Waals surface area contributed by atoms with Crippen LogP contribution in [0, 0.1) is 5.82 Å². The molecular formula is C20H19ClFN3O. The van der Waals surface area contributed by atoms with Crippen LogP contribution in [0.1, 0.15) is 22.5 Å². The van der Waals surface area contributed by atoms with Gasteiger partial charge in [-0.25, -0.2) is 4.39 Å². The summed E-state index contributed by atoms with van der Waals surface area (Å²) in [6.07, 6.45) is 1.56. The second-order valence-corrected chi connectivity index (χ2v) is 6.56. The maximum Gasteiger partial charge on any atom is 0.253 e. The van der Waals surface area contributed by atoms with Crippen molar-refractivity contribution in [1.82, 2.24) is 15.1 Å². The molecule has 0 aliphatic carbocycles. The molecular weight excluding hydrogens is 353 g/mol. The highest BCUT2D eigenvalue weighted by atomic mass is 35.5. The number of aromatic amines is 1. The molecule has 0 spiro atoms. The van der Waals surface area contributed by atoms with E-state index in [1.165, 1.54) is 12.1 Å². The first-order valence-electron chi connectivity index (χ1n) is 8.34. The molecule has 0 aliphatic rings. The van der Waals surface area contributed by atoms with Crippen molar-refractivity contribution in [2.24, 2.45) is 0 Å². The number of hydrogen-bond donors (Lipinski definition) is 1. The molecule has 26 heavy (non-hydrogen) atoms. The molecule has 134 valence electrons. The molecule has 3 aromatic rings. The Bertz CT molecular complexity index is 892. The van der Waals surface area contributed by atoms with Crippen LogP contribution >= 0.6 is 11.6 Å². The van der Waals surface area contributed by atoms with Gasteiger partial charge in [0.25, 0.3) is 5.91 Å². The van der Waals surface area contributed by atoms with Crippen LogP contribution < -0.4 is 0 Å². The molecule has 3 rings (SSSR count). The van der Waals surface area contributed by atoms with Crippen molar-refractivity contribution in [3.8, 4) is 11.3 Å². The molecule has 0 fully saturated rings. The number of carbonyl (C=O) groups excluding carboxylic acids is 1. The molecule has 4 nitrogen and oxygen atoms in total. The summed E-state index contributed by atoms with van der Waals surface area (Å²) in [6.45, 7) is 0.621. The SMILES string of the molecule is CN(CCCc1cc(-c2ccc(F)cc2)n[nH]1)C(=O)c1cccc(Cl)c1. The van der Waals surface area contributed by atoms with Gasteiger partial charge in [0.15, 0.2) is 0 Å². The minimum absolute atomic E-state index is 0.0517. The van der Waals surface area contributed by atoms with Gasteiger partial charge in [-0.2, -0.15) is 5.10 Å². The minimum Gasteiger partial charge on any atom is -0.342 e. The van der Waals surface area contributed by atoms with E-state index in [2.05, 4.69) is 10.2 Å². The highest BCUT2D eigenvalue weighted by Crippen LogP contribution is 2.19. The van der Waals surface area contributed by atoms with Crippen LogP contribution in [-0.4, -0.2) is 34.6 Å². The fraction of sp³-hybridized carbons (Fsp3) is 0.200. The minimum atomic E-state index is -0.267. The standard InChI is InChI=1S/C20H19ClFN3O/c1-25(20(26)15-4-2-5-16(21)12-15)11-3-6-18-13-19(24-23-18)14-7-9-17(22)10-8-14/h2,4-5,7-10,12-13H,3,6,11H2,1H3,(H,23,24). The molecule has 0 atom stereocenters. The number of benzene rings is 2. The second-order valence-electron chi connectivity index (χ2n) is 6.13. The Morgan fingerprint density at radius 3 is 2.69 bits per heavy atom. The normalized spacial score (nSPS) is 10.7. The highest BCUT2D eigenvalue weighted by Gasteiger charge is 2.12. The lowest BCUT2D eigenvalue weighted by atomic mass is 10.1. The number of halogens is 2. The lowest BCUT2D eigenvalue weighted by Gasteiger charge is -2.17. The monoisotopic (exact) mass is 371 g/mol. The van der Waals surface area contributed by atoms with E-state index in [-0.39, 0.29) is 11.7 Å². The zero-order chi connectivity index (χ0) is 18.5. The van der Waals surface area contributed by atoms with Gasteiger partial charge >= 0.3 is 0 Å². The summed E-state index contributed by atoms with van der Waals surface area (Å²) in [5.74, 6) is -0.318. The average molecular weight is 372 g/mol.